The average molecular weight is 528 g/mol. The molecule has 0 atom stereocenters. The zero-order chi connectivity index (χ0) is 27.7. The molecule has 0 spiro atoms. The molecule has 5 aromatic rings. The van der Waals surface area contributed by atoms with E-state index in [-0.39, 0.29) is 29.6 Å². The Morgan fingerprint density at radius 2 is 1.41 bits per heavy atom. The fraction of sp³-hybridized carbons (Fsp3) is 0.167. The third kappa shape index (κ3) is 5.06. The number of aryl methyl sites for hydroxylation is 2. The number of amides is 1. The van der Waals surface area contributed by atoms with Crippen LogP contribution in [0.4, 0.5) is 5.69 Å². The minimum atomic E-state index is -0.533. The number of hydrogen-bond donors (Lipinski definition) is 1. The number of rotatable bonds is 7. The maximum Gasteiger partial charge on any atom is 0.337 e. The molecule has 1 amide bonds. The van der Waals surface area contributed by atoms with Gasteiger partial charge in [-0.15, -0.1) is 0 Å². The van der Waals surface area contributed by atoms with Crippen LogP contribution in [-0.2, 0) is 14.3 Å². The van der Waals surface area contributed by atoms with Gasteiger partial charge in [-0.05, 0) is 73.5 Å². The molecule has 0 fully saturated rings. The van der Waals surface area contributed by atoms with Gasteiger partial charge < -0.3 is 28.4 Å². The van der Waals surface area contributed by atoms with Gasteiger partial charge in [0.2, 0.25) is 0 Å². The predicted octanol–water partition coefficient (Wildman–Crippen LogP) is 6.05. The molecule has 0 unspecified atom stereocenters. The lowest BCUT2D eigenvalue weighted by Gasteiger charge is -2.09. The van der Waals surface area contributed by atoms with E-state index in [1.165, 1.54) is 20.5 Å². The summed E-state index contributed by atoms with van der Waals surface area (Å²) in [6.45, 7) is 3.56. The van der Waals surface area contributed by atoms with Gasteiger partial charge in [0, 0.05) is 11.1 Å². The molecule has 9 nitrogen and oxygen atoms in total. The second kappa shape index (κ2) is 10.4. The number of methoxy groups -OCH3 is 2. The Hall–Kier alpha value is -5.05. The van der Waals surface area contributed by atoms with E-state index in [0.29, 0.717) is 38.8 Å². The molecule has 0 aliphatic carbocycles. The SMILES string of the molecule is COC(=O)c1ccc2occ(-c3oc4ccc(C(=O)OC)cc4c3OCC(=O)Nc3cc(C)cc(C)c3)c2c1. The van der Waals surface area contributed by atoms with E-state index in [4.69, 9.17) is 23.0 Å². The van der Waals surface area contributed by atoms with Crippen LogP contribution in [0.3, 0.4) is 0 Å². The second-order valence-electron chi connectivity index (χ2n) is 9.03. The molecule has 0 radical (unpaired) electrons. The highest BCUT2D eigenvalue weighted by molar-refractivity contribution is 6.04. The van der Waals surface area contributed by atoms with Crippen molar-refractivity contribution < 1.29 is 37.4 Å². The molecule has 198 valence electrons. The number of carbonyl (C=O) groups excluding carboxylic acids is 3. The summed E-state index contributed by atoms with van der Waals surface area (Å²) in [5.74, 6) is -0.913. The fourth-order valence-electron chi connectivity index (χ4n) is 4.47. The van der Waals surface area contributed by atoms with Crippen LogP contribution in [0.25, 0.3) is 33.3 Å². The smallest absolute Gasteiger partial charge is 0.337 e. The minimum absolute atomic E-state index is 0.234. The van der Waals surface area contributed by atoms with E-state index in [1.54, 1.807) is 36.4 Å². The summed E-state index contributed by atoms with van der Waals surface area (Å²) in [5.41, 5.74) is 4.72. The number of nitrogens with one attached hydrogen (secondary N) is 1. The molecular weight excluding hydrogens is 502 g/mol. The van der Waals surface area contributed by atoms with Gasteiger partial charge in [-0.3, -0.25) is 4.79 Å². The number of hydrogen-bond acceptors (Lipinski definition) is 8. The van der Waals surface area contributed by atoms with Crippen molar-refractivity contribution >= 4 is 45.5 Å². The lowest BCUT2D eigenvalue weighted by atomic mass is 10.1. The molecule has 0 aliphatic rings. The van der Waals surface area contributed by atoms with E-state index in [2.05, 4.69) is 5.32 Å². The topological polar surface area (TPSA) is 117 Å². The third-order valence-corrected chi connectivity index (χ3v) is 6.16. The molecule has 0 aliphatic heterocycles. The standard InChI is InChI=1S/C30H25NO8/c1-16-9-17(2)11-20(10-16)31-26(32)15-38-27-22-13-19(30(34)36-4)6-8-25(22)39-28(27)23-14-37-24-7-5-18(12-21(23)24)29(33)35-3/h5-14H,15H2,1-4H3,(H,31,32). The molecule has 5 rings (SSSR count). The van der Waals surface area contributed by atoms with Crippen LogP contribution in [0.5, 0.6) is 5.75 Å². The lowest BCUT2D eigenvalue weighted by molar-refractivity contribution is -0.118. The van der Waals surface area contributed by atoms with Gasteiger partial charge in [0.1, 0.15) is 17.4 Å². The van der Waals surface area contributed by atoms with E-state index in [9.17, 15) is 14.4 Å². The van der Waals surface area contributed by atoms with Crippen molar-refractivity contribution in [3.8, 4) is 17.1 Å². The van der Waals surface area contributed by atoms with Crippen molar-refractivity contribution in [1.29, 1.82) is 0 Å². The number of esters is 2. The number of ether oxygens (including phenoxy) is 3. The Balaban J connectivity index is 1.56. The average Bonchev–Trinajstić information content (AvgIpc) is 3.50. The molecule has 0 bridgehead atoms. The second-order valence-corrected chi connectivity index (χ2v) is 9.03. The highest BCUT2D eigenvalue weighted by Gasteiger charge is 2.24. The number of carbonyl (C=O) groups is 3. The van der Waals surface area contributed by atoms with E-state index < -0.39 is 11.9 Å². The quantitative estimate of drug-likeness (QED) is 0.254. The van der Waals surface area contributed by atoms with Gasteiger partial charge in [0.25, 0.3) is 5.91 Å². The van der Waals surface area contributed by atoms with Crippen molar-refractivity contribution in [2.24, 2.45) is 0 Å². The Kier molecular flexibility index (Phi) is 6.81. The summed E-state index contributed by atoms with van der Waals surface area (Å²) in [5, 5.41) is 3.89. The number of furan rings is 2. The normalized spacial score (nSPS) is 11.0. The third-order valence-electron chi connectivity index (χ3n) is 6.16. The van der Waals surface area contributed by atoms with E-state index in [1.807, 2.05) is 32.0 Å². The molecular formula is C30H25NO8. The molecule has 39 heavy (non-hydrogen) atoms. The summed E-state index contributed by atoms with van der Waals surface area (Å²) in [6.07, 6.45) is 1.48. The largest absolute Gasteiger partial charge is 0.479 e. The Morgan fingerprint density at radius 1 is 0.795 bits per heavy atom. The van der Waals surface area contributed by atoms with Gasteiger partial charge in [0.05, 0.1) is 36.3 Å². The van der Waals surface area contributed by atoms with E-state index in [0.717, 1.165) is 11.1 Å². The van der Waals surface area contributed by atoms with Crippen LogP contribution in [0, 0.1) is 13.8 Å². The zero-order valence-corrected chi connectivity index (χ0v) is 21.7. The molecule has 0 saturated heterocycles. The van der Waals surface area contributed by atoms with Crippen LogP contribution < -0.4 is 10.1 Å². The van der Waals surface area contributed by atoms with E-state index >= 15 is 0 Å². The Morgan fingerprint density at radius 3 is 2.05 bits per heavy atom. The molecule has 3 aromatic carbocycles. The molecule has 1 N–H and O–H groups in total. The summed E-state index contributed by atoms with van der Waals surface area (Å²) >= 11 is 0. The predicted molar refractivity (Wildman–Crippen MR) is 144 cm³/mol. The van der Waals surface area contributed by atoms with Crippen molar-refractivity contribution in [1.82, 2.24) is 0 Å². The first-order valence-electron chi connectivity index (χ1n) is 12.0. The van der Waals surface area contributed by atoms with Crippen molar-refractivity contribution in [3.05, 3.63) is 83.1 Å². The maximum absolute atomic E-state index is 12.8. The first-order chi connectivity index (χ1) is 18.8. The van der Waals surface area contributed by atoms with Crippen LogP contribution in [0.2, 0.25) is 0 Å². The molecule has 2 aromatic heterocycles. The minimum Gasteiger partial charge on any atom is -0.479 e. The van der Waals surface area contributed by atoms with Gasteiger partial charge in [-0.2, -0.15) is 0 Å². The molecule has 2 heterocycles. The summed E-state index contributed by atoms with van der Waals surface area (Å²) in [7, 11) is 2.59. The van der Waals surface area contributed by atoms with Gasteiger partial charge in [-0.1, -0.05) is 6.07 Å². The van der Waals surface area contributed by atoms with Gasteiger partial charge in [-0.25, -0.2) is 9.59 Å². The van der Waals surface area contributed by atoms with Crippen LogP contribution >= 0.6 is 0 Å². The van der Waals surface area contributed by atoms with Gasteiger partial charge in [0.15, 0.2) is 18.1 Å². The van der Waals surface area contributed by atoms with Gasteiger partial charge >= 0.3 is 11.9 Å². The monoisotopic (exact) mass is 527 g/mol. The fourth-order valence-corrected chi connectivity index (χ4v) is 4.47. The first-order valence-corrected chi connectivity index (χ1v) is 12.0. The lowest BCUT2D eigenvalue weighted by Crippen LogP contribution is -2.20. The van der Waals surface area contributed by atoms with Crippen LogP contribution in [0.15, 0.2) is 69.7 Å². The Labute approximate surface area is 223 Å². The van der Waals surface area contributed by atoms with Crippen LogP contribution in [0.1, 0.15) is 31.8 Å². The highest BCUT2D eigenvalue weighted by Crippen LogP contribution is 2.44. The first kappa shape index (κ1) is 25.6. The number of anilines is 1. The number of fused-ring (bicyclic) bond motifs is 2. The molecule has 0 saturated carbocycles. The zero-order valence-electron chi connectivity index (χ0n) is 21.7. The van der Waals surface area contributed by atoms with Crippen molar-refractivity contribution in [3.63, 3.8) is 0 Å². The van der Waals surface area contributed by atoms with Crippen molar-refractivity contribution in [2.75, 3.05) is 26.1 Å². The van der Waals surface area contributed by atoms with Crippen LogP contribution in [-0.4, -0.2) is 38.7 Å². The maximum atomic E-state index is 12.8. The van der Waals surface area contributed by atoms with Crippen molar-refractivity contribution in [2.45, 2.75) is 13.8 Å². The Bertz CT molecular complexity index is 1720. The molecule has 9 heteroatoms. The highest BCUT2D eigenvalue weighted by atomic mass is 16.5. The summed E-state index contributed by atoms with van der Waals surface area (Å²) in [4.78, 5) is 37.2. The summed E-state index contributed by atoms with van der Waals surface area (Å²) in [6, 6.07) is 15.4. The number of benzene rings is 3. The summed E-state index contributed by atoms with van der Waals surface area (Å²) < 4.78 is 27.6.